The Bertz CT molecular complexity index is 1220. The van der Waals surface area contributed by atoms with Crippen molar-refractivity contribution in [3.8, 4) is 11.5 Å². The zero-order valence-corrected chi connectivity index (χ0v) is 21.0. The van der Waals surface area contributed by atoms with Crippen LogP contribution in [0.3, 0.4) is 0 Å². The average molecular weight is 512 g/mol. The predicted octanol–water partition coefficient (Wildman–Crippen LogP) is 3.97. The number of nitrogens with zero attached hydrogens (tertiary/aromatic N) is 2. The molecule has 1 aromatic heterocycles. The summed E-state index contributed by atoms with van der Waals surface area (Å²) in [6.07, 6.45) is 1.33. The average Bonchev–Trinajstić information content (AvgIpc) is 2.85. The van der Waals surface area contributed by atoms with Crippen LogP contribution >= 0.6 is 11.6 Å². The maximum absolute atomic E-state index is 12.9. The van der Waals surface area contributed by atoms with Gasteiger partial charge in [0.1, 0.15) is 6.04 Å². The molecule has 9 nitrogen and oxygen atoms in total. The van der Waals surface area contributed by atoms with Crippen molar-refractivity contribution >= 4 is 29.4 Å². The van der Waals surface area contributed by atoms with E-state index in [-0.39, 0.29) is 17.2 Å². The number of hydrogen-bond donors (Lipinski definition) is 1. The fraction of sp³-hybridized carbons (Fsp3) is 0.231. The molecule has 0 saturated carbocycles. The predicted molar refractivity (Wildman–Crippen MR) is 133 cm³/mol. The van der Waals surface area contributed by atoms with Gasteiger partial charge >= 0.3 is 11.9 Å². The van der Waals surface area contributed by atoms with Gasteiger partial charge in [-0.3, -0.25) is 9.59 Å². The normalized spacial score (nSPS) is 12.4. The summed E-state index contributed by atoms with van der Waals surface area (Å²) in [7, 11) is 2.99. The Morgan fingerprint density at radius 3 is 2.25 bits per heavy atom. The minimum Gasteiger partial charge on any atom is -0.493 e. The second-order valence-electron chi connectivity index (χ2n) is 7.80. The SMILES string of the molecule is COc1ccnc(C(=O)N[C@@H](C)C(=O)ON(C)C(c2ccccc2)c2ccc(Cl)cc2)c1OC(C)=O. The van der Waals surface area contributed by atoms with E-state index in [1.165, 1.54) is 38.3 Å². The molecule has 0 spiro atoms. The third kappa shape index (κ3) is 6.59. The Kier molecular flexibility index (Phi) is 8.99. The summed E-state index contributed by atoms with van der Waals surface area (Å²) in [6, 6.07) is 16.7. The van der Waals surface area contributed by atoms with Gasteiger partial charge in [-0.25, -0.2) is 9.78 Å². The molecule has 0 saturated heterocycles. The zero-order valence-electron chi connectivity index (χ0n) is 20.2. The van der Waals surface area contributed by atoms with Gasteiger partial charge in [0.05, 0.1) is 13.2 Å². The number of aromatic nitrogens is 1. The summed E-state index contributed by atoms with van der Waals surface area (Å²) >= 11 is 6.04. The van der Waals surface area contributed by atoms with Crippen molar-refractivity contribution in [1.82, 2.24) is 15.4 Å². The molecule has 3 aromatic rings. The van der Waals surface area contributed by atoms with Crippen molar-refractivity contribution < 1.29 is 28.7 Å². The van der Waals surface area contributed by atoms with Crippen LogP contribution in [-0.4, -0.2) is 48.1 Å². The van der Waals surface area contributed by atoms with Gasteiger partial charge in [0.2, 0.25) is 5.75 Å². The fourth-order valence-electron chi connectivity index (χ4n) is 3.49. The third-order valence-electron chi connectivity index (χ3n) is 5.15. The molecule has 36 heavy (non-hydrogen) atoms. The molecule has 1 amide bonds. The quantitative estimate of drug-likeness (QED) is 0.340. The van der Waals surface area contributed by atoms with Gasteiger partial charge in [0, 0.05) is 31.3 Å². The minimum atomic E-state index is -1.06. The first kappa shape index (κ1) is 26.7. The van der Waals surface area contributed by atoms with E-state index in [4.69, 9.17) is 25.9 Å². The molecule has 3 rings (SSSR count). The molecule has 188 valence electrons. The smallest absolute Gasteiger partial charge is 0.347 e. The number of nitrogens with one attached hydrogen (secondary N) is 1. The summed E-state index contributed by atoms with van der Waals surface area (Å²) in [6.45, 7) is 2.66. The molecule has 0 fully saturated rings. The van der Waals surface area contributed by atoms with Crippen LogP contribution in [0.2, 0.25) is 5.02 Å². The first-order chi connectivity index (χ1) is 17.2. The van der Waals surface area contributed by atoms with Crippen LogP contribution in [0.15, 0.2) is 66.9 Å². The van der Waals surface area contributed by atoms with Crippen LogP contribution in [0.1, 0.15) is 41.5 Å². The molecule has 2 aromatic carbocycles. The lowest BCUT2D eigenvalue weighted by Crippen LogP contribution is -2.43. The zero-order chi connectivity index (χ0) is 26.2. The highest BCUT2D eigenvalue weighted by Gasteiger charge is 2.28. The number of amides is 1. The van der Waals surface area contributed by atoms with Crippen LogP contribution in [-0.2, 0) is 14.4 Å². The number of hydroxylamine groups is 2. The molecule has 2 atom stereocenters. The first-order valence-corrected chi connectivity index (χ1v) is 11.4. The van der Waals surface area contributed by atoms with Crippen molar-refractivity contribution in [2.75, 3.05) is 14.2 Å². The fourth-order valence-corrected chi connectivity index (χ4v) is 3.61. The number of methoxy groups -OCH3 is 1. The van der Waals surface area contributed by atoms with E-state index in [1.807, 2.05) is 42.5 Å². The van der Waals surface area contributed by atoms with E-state index < -0.39 is 29.9 Å². The Morgan fingerprint density at radius 1 is 1.00 bits per heavy atom. The Hall–Kier alpha value is -3.95. The van der Waals surface area contributed by atoms with Gasteiger partial charge in [-0.15, -0.1) is 5.06 Å². The van der Waals surface area contributed by atoms with Gasteiger partial charge in [-0.05, 0) is 30.2 Å². The van der Waals surface area contributed by atoms with E-state index in [9.17, 15) is 14.4 Å². The van der Waals surface area contributed by atoms with E-state index >= 15 is 0 Å². The van der Waals surface area contributed by atoms with E-state index in [2.05, 4.69) is 10.3 Å². The van der Waals surface area contributed by atoms with Crippen molar-refractivity contribution in [2.24, 2.45) is 0 Å². The summed E-state index contributed by atoms with van der Waals surface area (Å²) in [5.74, 6) is -2.10. The van der Waals surface area contributed by atoms with Crippen LogP contribution in [0, 0.1) is 0 Å². The molecule has 1 heterocycles. The van der Waals surface area contributed by atoms with Crippen LogP contribution < -0.4 is 14.8 Å². The summed E-state index contributed by atoms with van der Waals surface area (Å²) in [5, 5.41) is 4.52. The van der Waals surface area contributed by atoms with Gasteiger partial charge < -0.3 is 19.6 Å². The van der Waals surface area contributed by atoms with Crippen molar-refractivity contribution in [3.05, 3.63) is 88.7 Å². The number of hydrogen-bond acceptors (Lipinski definition) is 8. The Morgan fingerprint density at radius 2 is 1.64 bits per heavy atom. The highest BCUT2D eigenvalue weighted by atomic mass is 35.5. The van der Waals surface area contributed by atoms with Crippen molar-refractivity contribution in [1.29, 1.82) is 0 Å². The topological polar surface area (TPSA) is 107 Å². The summed E-state index contributed by atoms with van der Waals surface area (Å²) < 4.78 is 10.3. The molecule has 0 radical (unpaired) electrons. The van der Waals surface area contributed by atoms with Gasteiger partial charge in [-0.1, -0.05) is 54.1 Å². The van der Waals surface area contributed by atoms with E-state index in [0.29, 0.717) is 5.02 Å². The maximum atomic E-state index is 12.9. The molecule has 0 aliphatic rings. The molecule has 1 N–H and O–H groups in total. The van der Waals surface area contributed by atoms with E-state index in [1.54, 1.807) is 19.2 Å². The number of carbonyl (C=O) groups is 3. The monoisotopic (exact) mass is 511 g/mol. The molecule has 10 heteroatoms. The summed E-state index contributed by atoms with van der Waals surface area (Å²) in [5.41, 5.74) is 1.53. The van der Waals surface area contributed by atoms with Crippen LogP contribution in [0.5, 0.6) is 11.5 Å². The lowest BCUT2D eigenvalue weighted by molar-refractivity contribution is -0.193. The lowest BCUT2D eigenvalue weighted by Gasteiger charge is -2.28. The third-order valence-corrected chi connectivity index (χ3v) is 5.40. The van der Waals surface area contributed by atoms with Gasteiger partial charge in [0.25, 0.3) is 5.91 Å². The highest BCUT2D eigenvalue weighted by molar-refractivity contribution is 6.30. The number of carbonyl (C=O) groups excluding carboxylic acids is 3. The molecular weight excluding hydrogens is 486 g/mol. The summed E-state index contributed by atoms with van der Waals surface area (Å²) in [4.78, 5) is 46.9. The maximum Gasteiger partial charge on any atom is 0.347 e. The molecule has 1 unspecified atom stereocenters. The second-order valence-corrected chi connectivity index (χ2v) is 8.24. The standard InChI is InChI=1S/C26H26ClN3O6/c1-16(29-25(32)22-24(35-17(2)31)21(34-4)14-15-28-22)26(33)36-30(3)23(18-8-6-5-7-9-18)19-10-12-20(27)13-11-19/h5-16,23H,1-4H3,(H,29,32)/t16-,23?/m0/s1. The highest BCUT2D eigenvalue weighted by Crippen LogP contribution is 2.30. The second kappa shape index (κ2) is 12.1. The van der Waals surface area contributed by atoms with Gasteiger partial charge in [0.15, 0.2) is 11.4 Å². The van der Waals surface area contributed by atoms with Crippen molar-refractivity contribution in [3.63, 3.8) is 0 Å². The molecule has 0 aliphatic carbocycles. The van der Waals surface area contributed by atoms with Crippen molar-refractivity contribution in [2.45, 2.75) is 25.9 Å². The minimum absolute atomic E-state index is 0.144. The largest absolute Gasteiger partial charge is 0.493 e. The van der Waals surface area contributed by atoms with Gasteiger partial charge in [-0.2, -0.15) is 0 Å². The lowest BCUT2D eigenvalue weighted by atomic mass is 9.99. The first-order valence-electron chi connectivity index (χ1n) is 11.0. The van der Waals surface area contributed by atoms with Crippen LogP contribution in [0.25, 0.3) is 0 Å². The van der Waals surface area contributed by atoms with Crippen LogP contribution in [0.4, 0.5) is 0 Å². The number of pyridine rings is 1. The number of rotatable bonds is 9. The number of esters is 1. The number of halogens is 1. The molecular formula is C26H26ClN3O6. The number of ether oxygens (including phenoxy) is 2. The Balaban J connectivity index is 1.77. The molecule has 0 aliphatic heterocycles. The Labute approximate surface area is 213 Å². The van der Waals surface area contributed by atoms with E-state index in [0.717, 1.165) is 11.1 Å². The number of benzene rings is 2. The molecule has 0 bridgehead atoms.